The molecule has 1 unspecified atom stereocenters. The summed E-state index contributed by atoms with van der Waals surface area (Å²) in [5, 5.41) is 0.421. The Bertz CT molecular complexity index is 406. The van der Waals surface area contributed by atoms with Gasteiger partial charge in [0.15, 0.2) is 0 Å². The van der Waals surface area contributed by atoms with Crippen LogP contribution in [-0.2, 0) is 5.75 Å². The zero-order valence-corrected chi connectivity index (χ0v) is 10.3. The minimum absolute atomic E-state index is 0.0654. The number of fused-ring (bicyclic) bond motifs is 1. The van der Waals surface area contributed by atoms with Gasteiger partial charge in [0.25, 0.3) is 0 Å². The molecule has 4 heteroatoms. The third-order valence-corrected chi connectivity index (χ3v) is 4.52. The molecular weight excluding hydrogens is 233 g/mol. The molecule has 1 aromatic rings. The second-order valence-corrected chi connectivity index (χ2v) is 6.39. The van der Waals surface area contributed by atoms with E-state index in [-0.39, 0.29) is 16.6 Å². The Morgan fingerprint density at radius 3 is 2.87 bits per heavy atom. The largest absolute Gasteiger partial charge is 0.323 e. The number of thioether (sulfide) groups is 1. The minimum atomic E-state index is -0.240. The van der Waals surface area contributed by atoms with Crippen molar-refractivity contribution in [3.63, 3.8) is 0 Å². The van der Waals surface area contributed by atoms with Crippen molar-refractivity contribution in [1.82, 2.24) is 0 Å². The Morgan fingerprint density at radius 1 is 1.53 bits per heavy atom. The quantitative estimate of drug-likeness (QED) is 0.757. The van der Waals surface area contributed by atoms with E-state index in [4.69, 9.17) is 17.3 Å². The Morgan fingerprint density at radius 2 is 2.20 bits per heavy atom. The lowest BCUT2D eigenvalue weighted by molar-refractivity contribution is 0.537. The van der Waals surface area contributed by atoms with E-state index in [9.17, 15) is 4.39 Å². The van der Waals surface area contributed by atoms with Gasteiger partial charge >= 0.3 is 0 Å². The lowest BCUT2D eigenvalue weighted by Crippen LogP contribution is -2.36. The minimum Gasteiger partial charge on any atom is -0.323 e. The van der Waals surface area contributed by atoms with Crippen LogP contribution in [0.25, 0.3) is 0 Å². The summed E-state index contributed by atoms with van der Waals surface area (Å²) in [5.41, 5.74) is 7.67. The number of hydrogen-bond donors (Lipinski definition) is 1. The van der Waals surface area contributed by atoms with Gasteiger partial charge in [-0.15, -0.1) is 11.8 Å². The molecular formula is C11H13ClFNS. The van der Waals surface area contributed by atoms with Gasteiger partial charge < -0.3 is 5.73 Å². The molecule has 82 valence electrons. The van der Waals surface area contributed by atoms with Crippen molar-refractivity contribution in [2.75, 3.05) is 0 Å². The maximum Gasteiger partial charge on any atom is 0.129 e. The molecule has 2 N–H and O–H groups in total. The molecule has 0 radical (unpaired) electrons. The average Bonchev–Trinajstić information content (AvgIpc) is 2.12. The Balaban J connectivity index is 2.56. The number of nitrogens with two attached hydrogens (primary N) is 1. The van der Waals surface area contributed by atoms with Gasteiger partial charge in [0.05, 0.1) is 0 Å². The van der Waals surface area contributed by atoms with Crippen LogP contribution in [0, 0.1) is 5.82 Å². The zero-order chi connectivity index (χ0) is 11.2. The van der Waals surface area contributed by atoms with Crippen molar-refractivity contribution >= 4 is 23.4 Å². The first kappa shape index (κ1) is 11.2. The van der Waals surface area contributed by atoms with Crippen molar-refractivity contribution in [1.29, 1.82) is 0 Å². The Labute approximate surface area is 98.2 Å². The summed E-state index contributed by atoms with van der Waals surface area (Å²) in [4.78, 5) is 0. The number of halogens is 2. The predicted octanol–water partition coefficient (Wildman–Crippen LogP) is 3.50. The molecule has 2 rings (SSSR count). The lowest BCUT2D eigenvalue weighted by Gasteiger charge is -2.37. The molecule has 1 aliphatic rings. The molecule has 0 spiro atoms. The molecule has 0 fully saturated rings. The maximum atomic E-state index is 13.6. The molecule has 1 atom stereocenters. The van der Waals surface area contributed by atoms with E-state index in [0.29, 0.717) is 16.3 Å². The van der Waals surface area contributed by atoms with E-state index in [2.05, 4.69) is 13.8 Å². The Kier molecular flexibility index (Phi) is 2.73. The molecule has 0 aliphatic carbocycles. The smallest absolute Gasteiger partial charge is 0.129 e. The van der Waals surface area contributed by atoms with Gasteiger partial charge in [-0.05, 0) is 31.5 Å². The van der Waals surface area contributed by atoms with E-state index in [1.807, 2.05) is 0 Å². The topological polar surface area (TPSA) is 26.0 Å². The monoisotopic (exact) mass is 245 g/mol. The highest BCUT2D eigenvalue weighted by Gasteiger charge is 2.35. The van der Waals surface area contributed by atoms with E-state index in [0.717, 1.165) is 5.56 Å². The second-order valence-electron chi connectivity index (χ2n) is 4.33. The summed E-state index contributed by atoms with van der Waals surface area (Å²) >= 11 is 7.52. The molecule has 1 aromatic carbocycles. The molecule has 15 heavy (non-hydrogen) atoms. The number of hydrogen-bond acceptors (Lipinski definition) is 2. The van der Waals surface area contributed by atoms with Crippen LogP contribution in [0.4, 0.5) is 4.39 Å². The van der Waals surface area contributed by atoms with Gasteiger partial charge in [-0.25, -0.2) is 4.39 Å². The fourth-order valence-electron chi connectivity index (χ4n) is 1.78. The summed E-state index contributed by atoms with van der Waals surface area (Å²) in [6, 6.07) is 2.97. The van der Waals surface area contributed by atoms with Crippen LogP contribution in [0.5, 0.6) is 0 Å². The first-order chi connectivity index (χ1) is 6.92. The summed E-state index contributed by atoms with van der Waals surface area (Å²) in [6.45, 7) is 4.15. The molecule has 0 saturated heterocycles. The lowest BCUT2D eigenvalue weighted by atomic mass is 9.92. The number of benzene rings is 1. The summed E-state index contributed by atoms with van der Waals surface area (Å²) in [5.74, 6) is 0.426. The van der Waals surface area contributed by atoms with E-state index < -0.39 is 0 Å². The third kappa shape index (κ3) is 1.88. The predicted molar refractivity (Wildman–Crippen MR) is 63.7 cm³/mol. The highest BCUT2D eigenvalue weighted by Crippen LogP contribution is 2.45. The normalized spacial score (nSPS) is 23.7. The van der Waals surface area contributed by atoms with Crippen LogP contribution in [-0.4, -0.2) is 4.75 Å². The standard InChI is InChI=1S/C11H13ClFNS/c1-11(2)10(14)7-3-6(12)4-9(13)8(7)5-15-11/h3-4,10H,5,14H2,1-2H3. The van der Waals surface area contributed by atoms with Crippen LogP contribution in [0.3, 0.4) is 0 Å². The summed E-state index contributed by atoms with van der Waals surface area (Å²) in [7, 11) is 0. The van der Waals surface area contributed by atoms with Crippen molar-refractivity contribution in [2.24, 2.45) is 5.73 Å². The van der Waals surface area contributed by atoms with Crippen LogP contribution in [0.15, 0.2) is 12.1 Å². The van der Waals surface area contributed by atoms with Gasteiger partial charge in [-0.3, -0.25) is 0 Å². The average molecular weight is 246 g/mol. The zero-order valence-electron chi connectivity index (χ0n) is 8.68. The summed E-state index contributed by atoms with van der Waals surface area (Å²) < 4.78 is 13.5. The maximum absolute atomic E-state index is 13.6. The number of rotatable bonds is 0. The van der Waals surface area contributed by atoms with Gasteiger partial charge in [0.1, 0.15) is 5.82 Å². The fourth-order valence-corrected chi connectivity index (χ4v) is 3.12. The van der Waals surface area contributed by atoms with Gasteiger partial charge in [-0.2, -0.15) is 0 Å². The second kappa shape index (κ2) is 3.65. The van der Waals surface area contributed by atoms with E-state index in [1.54, 1.807) is 17.8 Å². The van der Waals surface area contributed by atoms with Crippen molar-refractivity contribution in [3.05, 3.63) is 34.1 Å². The molecule has 0 amide bonds. The molecule has 1 aliphatic heterocycles. The van der Waals surface area contributed by atoms with E-state index in [1.165, 1.54) is 6.07 Å². The van der Waals surface area contributed by atoms with Gasteiger partial charge in [-0.1, -0.05) is 11.6 Å². The van der Waals surface area contributed by atoms with Crippen LogP contribution in [0.1, 0.15) is 31.0 Å². The summed E-state index contributed by atoms with van der Waals surface area (Å²) in [6.07, 6.45) is 0. The van der Waals surface area contributed by atoms with Crippen LogP contribution in [0.2, 0.25) is 5.02 Å². The van der Waals surface area contributed by atoms with Crippen molar-refractivity contribution < 1.29 is 4.39 Å². The molecule has 0 aromatic heterocycles. The van der Waals surface area contributed by atoms with E-state index >= 15 is 0 Å². The van der Waals surface area contributed by atoms with Gasteiger partial charge in [0, 0.05) is 27.1 Å². The molecule has 1 heterocycles. The SMILES string of the molecule is CC1(C)SCc2c(F)cc(Cl)cc2C1N. The van der Waals surface area contributed by atoms with Crippen LogP contribution >= 0.6 is 23.4 Å². The fraction of sp³-hybridized carbons (Fsp3) is 0.455. The highest BCUT2D eigenvalue weighted by atomic mass is 35.5. The van der Waals surface area contributed by atoms with Crippen LogP contribution < -0.4 is 5.73 Å². The highest BCUT2D eigenvalue weighted by molar-refractivity contribution is 8.00. The molecule has 0 saturated carbocycles. The first-order valence-corrected chi connectivity index (χ1v) is 6.15. The van der Waals surface area contributed by atoms with Crippen molar-refractivity contribution in [2.45, 2.75) is 30.4 Å². The molecule has 1 nitrogen and oxygen atoms in total. The van der Waals surface area contributed by atoms with Gasteiger partial charge in [0.2, 0.25) is 0 Å². The molecule has 0 bridgehead atoms. The van der Waals surface area contributed by atoms with Crippen molar-refractivity contribution in [3.8, 4) is 0 Å². The Hall–Kier alpha value is -0.250. The third-order valence-electron chi connectivity index (χ3n) is 2.87. The first-order valence-electron chi connectivity index (χ1n) is 4.79.